The van der Waals surface area contributed by atoms with E-state index in [9.17, 15) is 4.39 Å². The van der Waals surface area contributed by atoms with Crippen LogP contribution in [0, 0.1) is 5.82 Å². The molecule has 0 aliphatic carbocycles. The number of rotatable bonds is 6. The van der Waals surface area contributed by atoms with E-state index in [0.717, 1.165) is 30.0 Å². The van der Waals surface area contributed by atoms with E-state index in [4.69, 9.17) is 16.3 Å². The lowest BCUT2D eigenvalue weighted by atomic mass is 10.2. The second-order valence-electron chi connectivity index (χ2n) is 4.46. The van der Waals surface area contributed by atoms with Crippen LogP contribution in [0.3, 0.4) is 0 Å². The Labute approximate surface area is 123 Å². The van der Waals surface area contributed by atoms with Gasteiger partial charge in [0.15, 0.2) is 0 Å². The topological polar surface area (TPSA) is 21.3 Å². The quantitative estimate of drug-likeness (QED) is 0.819. The Morgan fingerprint density at radius 2 is 1.90 bits per heavy atom. The van der Waals surface area contributed by atoms with Gasteiger partial charge in [0.1, 0.15) is 11.6 Å². The van der Waals surface area contributed by atoms with Crippen molar-refractivity contribution in [3.63, 3.8) is 0 Å². The summed E-state index contributed by atoms with van der Waals surface area (Å²) in [6.07, 6.45) is 0.989. The zero-order valence-electron chi connectivity index (χ0n) is 11.3. The first-order valence-electron chi connectivity index (χ1n) is 6.59. The highest BCUT2D eigenvalue weighted by molar-refractivity contribution is 6.31. The summed E-state index contributed by atoms with van der Waals surface area (Å²) >= 11 is 5.98. The van der Waals surface area contributed by atoms with Crippen LogP contribution in [0.15, 0.2) is 42.5 Å². The van der Waals surface area contributed by atoms with Gasteiger partial charge in [-0.25, -0.2) is 4.39 Å². The minimum atomic E-state index is -0.323. The van der Waals surface area contributed by atoms with Gasteiger partial charge in [0, 0.05) is 17.3 Å². The zero-order valence-corrected chi connectivity index (χ0v) is 12.1. The van der Waals surface area contributed by atoms with Gasteiger partial charge >= 0.3 is 0 Å². The van der Waals surface area contributed by atoms with Crippen molar-refractivity contribution in [3.8, 4) is 5.75 Å². The van der Waals surface area contributed by atoms with E-state index in [-0.39, 0.29) is 5.82 Å². The van der Waals surface area contributed by atoms with Crippen molar-refractivity contribution in [2.75, 3.05) is 11.9 Å². The molecule has 0 saturated heterocycles. The SMILES string of the molecule is CCCOc1ccc(NCc2ccc(F)cc2Cl)cc1. The highest BCUT2D eigenvalue weighted by atomic mass is 35.5. The minimum Gasteiger partial charge on any atom is -0.494 e. The molecule has 0 aliphatic rings. The fourth-order valence-electron chi connectivity index (χ4n) is 1.75. The molecule has 0 heterocycles. The lowest BCUT2D eigenvalue weighted by molar-refractivity contribution is 0.317. The lowest BCUT2D eigenvalue weighted by Gasteiger charge is -2.09. The minimum absolute atomic E-state index is 0.323. The summed E-state index contributed by atoms with van der Waals surface area (Å²) in [6.45, 7) is 3.34. The van der Waals surface area contributed by atoms with Crippen molar-refractivity contribution >= 4 is 17.3 Å². The second kappa shape index (κ2) is 7.15. The van der Waals surface area contributed by atoms with Crippen LogP contribution in [0.25, 0.3) is 0 Å². The van der Waals surface area contributed by atoms with Crippen LogP contribution in [0.2, 0.25) is 5.02 Å². The van der Waals surface area contributed by atoms with Crippen LogP contribution >= 0.6 is 11.6 Å². The number of ether oxygens (including phenoxy) is 1. The molecular formula is C16H17ClFNO. The standard InChI is InChI=1S/C16H17ClFNO/c1-2-9-20-15-7-5-14(6-8-15)19-11-12-3-4-13(18)10-16(12)17/h3-8,10,19H,2,9,11H2,1H3. The average Bonchev–Trinajstić information content (AvgIpc) is 2.45. The summed E-state index contributed by atoms with van der Waals surface area (Å²) in [5, 5.41) is 3.67. The highest BCUT2D eigenvalue weighted by Gasteiger charge is 2.02. The molecule has 0 bridgehead atoms. The van der Waals surface area contributed by atoms with Crippen molar-refractivity contribution in [2.24, 2.45) is 0 Å². The van der Waals surface area contributed by atoms with Gasteiger partial charge in [-0.3, -0.25) is 0 Å². The third-order valence-corrected chi connectivity index (χ3v) is 3.18. The van der Waals surface area contributed by atoms with Gasteiger partial charge in [0.2, 0.25) is 0 Å². The van der Waals surface area contributed by atoms with Crippen molar-refractivity contribution in [1.29, 1.82) is 0 Å². The van der Waals surface area contributed by atoms with Crippen molar-refractivity contribution in [1.82, 2.24) is 0 Å². The number of hydrogen-bond acceptors (Lipinski definition) is 2. The van der Waals surface area contributed by atoms with Crippen LogP contribution in [0.4, 0.5) is 10.1 Å². The van der Waals surface area contributed by atoms with Crippen molar-refractivity contribution < 1.29 is 9.13 Å². The summed E-state index contributed by atoms with van der Waals surface area (Å²) in [6, 6.07) is 12.1. The van der Waals surface area contributed by atoms with Crippen LogP contribution in [-0.2, 0) is 6.54 Å². The maximum atomic E-state index is 12.9. The Balaban J connectivity index is 1.93. The number of nitrogens with one attached hydrogen (secondary N) is 1. The molecule has 106 valence electrons. The van der Waals surface area contributed by atoms with Crippen LogP contribution in [0.5, 0.6) is 5.75 Å². The van der Waals surface area contributed by atoms with Gasteiger partial charge in [-0.2, -0.15) is 0 Å². The number of halogens is 2. The van der Waals surface area contributed by atoms with Crippen LogP contribution in [0.1, 0.15) is 18.9 Å². The Kier molecular flexibility index (Phi) is 5.24. The summed E-state index contributed by atoms with van der Waals surface area (Å²) in [4.78, 5) is 0. The first kappa shape index (κ1) is 14.7. The fraction of sp³-hybridized carbons (Fsp3) is 0.250. The van der Waals surface area contributed by atoms with Gasteiger partial charge in [-0.05, 0) is 48.4 Å². The van der Waals surface area contributed by atoms with E-state index in [2.05, 4.69) is 12.2 Å². The van der Waals surface area contributed by atoms with Gasteiger partial charge < -0.3 is 10.1 Å². The molecule has 2 nitrogen and oxygen atoms in total. The third kappa shape index (κ3) is 4.14. The maximum absolute atomic E-state index is 12.9. The van der Waals surface area contributed by atoms with E-state index in [1.807, 2.05) is 24.3 Å². The molecule has 0 radical (unpaired) electrons. The molecule has 2 rings (SSSR count). The average molecular weight is 294 g/mol. The van der Waals surface area contributed by atoms with E-state index < -0.39 is 0 Å². The molecule has 0 atom stereocenters. The molecule has 0 spiro atoms. The summed E-state index contributed by atoms with van der Waals surface area (Å²) < 4.78 is 18.5. The lowest BCUT2D eigenvalue weighted by Crippen LogP contribution is -2.00. The number of benzene rings is 2. The summed E-state index contributed by atoms with van der Waals surface area (Å²) in [5.41, 5.74) is 1.83. The molecule has 4 heteroatoms. The smallest absolute Gasteiger partial charge is 0.124 e. The second-order valence-corrected chi connectivity index (χ2v) is 4.87. The summed E-state index contributed by atoms with van der Waals surface area (Å²) in [7, 11) is 0. The van der Waals surface area contributed by atoms with E-state index >= 15 is 0 Å². The highest BCUT2D eigenvalue weighted by Crippen LogP contribution is 2.20. The predicted molar refractivity (Wildman–Crippen MR) is 81.0 cm³/mol. The molecule has 2 aromatic rings. The molecule has 0 aliphatic heterocycles. The first-order chi connectivity index (χ1) is 9.69. The summed E-state index contributed by atoms with van der Waals surface area (Å²) in [5.74, 6) is 0.536. The Morgan fingerprint density at radius 3 is 2.55 bits per heavy atom. The van der Waals surface area contributed by atoms with Crippen LogP contribution < -0.4 is 10.1 Å². The van der Waals surface area contributed by atoms with Gasteiger partial charge in [0.25, 0.3) is 0 Å². The van der Waals surface area contributed by atoms with Crippen molar-refractivity contribution in [3.05, 3.63) is 58.9 Å². The zero-order chi connectivity index (χ0) is 14.4. The molecule has 2 aromatic carbocycles. The maximum Gasteiger partial charge on any atom is 0.124 e. The van der Waals surface area contributed by atoms with Crippen molar-refractivity contribution in [2.45, 2.75) is 19.9 Å². The molecule has 0 aromatic heterocycles. The Hall–Kier alpha value is -1.74. The monoisotopic (exact) mass is 293 g/mol. The number of anilines is 1. The van der Waals surface area contributed by atoms with Gasteiger partial charge in [-0.15, -0.1) is 0 Å². The van der Waals surface area contributed by atoms with E-state index in [0.29, 0.717) is 11.6 Å². The van der Waals surface area contributed by atoms with E-state index in [1.165, 1.54) is 12.1 Å². The molecule has 20 heavy (non-hydrogen) atoms. The molecule has 0 amide bonds. The fourth-order valence-corrected chi connectivity index (χ4v) is 1.99. The largest absolute Gasteiger partial charge is 0.494 e. The van der Waals surface area contributed by atoms with Crippen LogP contribution in [-0.4, -0.2) is 6.61 Å². The Morgan fingerprint density at radius 1 is 1.15 bits per heavy atom. The molecular weight excluding hydrogens is 277 g/mol. The molecule has 0 saturated carbocycles. The normalized spacial score (nSPS) is 10.3. The van der Waals surface area contributed by atoms with Gasteiger partial charge in [-0.1, -0.05) is 24.6 Å². The van der Waals surface area contributed by atoms with Gasteiger partial charge in [0.05, 0.1) is 6.61 Å². The van der Waals surface area contributed by atoms with E-state index in [1.54, 1.807) is 6.07 Å². The molecule has 0 fully saturated rings. The third-order valence-electron chi connectivity index (χ3n) is 2.83. The first-order valence-corrected chi connectivity index (χ1v) is 6.97. The molecule has 0 unspecified atom stereocenters. The predicted octanol–water partition coefficient (Wildman–Crippen LogP) is 4.88. The molecule has 1 N–H and O–H groups in total. The Bertz CT molecular complexity index is 557. The number of hydrogen-bond donors (Lipinski definition) is 1.